The highest BCUT2D eigenvalue weighted by atomic mass is 35.5. The molecule has 0 aromatic heterocycles. The van der Waals surface area contributed by atoms with E-state index >= 15 is 4.39 Å². The van der Waals surface area contributed by atoms with Gasteiger partial charge in [-0.3, -0.25) is 24.5 Å². The Hall–Kier alpha value is -3.47. The van der Waals surface area contributed by atoms with Gasteiger partial charge in [0.15, 0.2) is 6.04 Å². The van der Waals surface area contributed by atoms with Crippen LogP contribution in [0.2, 0.25) is 5.02 Å². The van der Waals surface area contributed by atoms with E-state index in [1.807, 2.05) is 0 Å². The summed E-state index contributed by atoms with van der Waals surface area (Å²) in [6.07, 6.45) is -4.88. The van der Waals surface area contributed by atoms with E-state index in [0.717, 1.165) is 23.1 Å². The quantitative estimate of drug-likeness (QED) is 0.500. The molecule has 4 amide bonds. The number of amides is 4. The Bertz CT molecular complexity index is 1220. The van der Waals surface area contributed by atoms with Gasteiger partial charge in [-0.15, -0.1) is 0 Å². The highest BCUT2D eigenvalue weighted by molar-refractivity contribution is 6.31. The topological polar surface area (TPSA) is 95.6 Å². The smallest absolute Gasteiger partial charge is 0.337 e. The van der Waals surface area contributed by atoms with Crippen LogP contribution in [0, 0.1) is 5.82 Å². The molecule has 178 valence electrons. The largest absolute Gasteiger partial charge is 0.412 e. The van der Waals surface area contributed by atoms with Gasteiger partial charge in [-0.2, -0.15) is 13.2 Å². The number of imide groups is 1. The van der Waals surface area contributed by atoms with Crippen molar-refractivity contribution in [2.75, 3.05) is 0 Å². The lowest BCUT2D eigenvalue weighted by Crippen LogP contribution is -2.52. The van der Waals surface area contributed by atoms with Crippen molar-refractivity contribution >= 4 is 35.2 Å². The van der Waals surface area contributed by atoms with Crippen LogP contribution in [0.1, 0.15) is 50.7 Å². The van der Waals surface area contributed by atoms with Crippen molar-refractivity contribution in [2.45, 2.75) is 37.6 Å². The van der Waals surface area contributed by atoms with Gasteiger partial charge in [-0.25, -0.2) is 4.39 Å². The number of benzene rings is 2. The maximum absolute atomic E-state index is 15.2. The summed E-state index contributed by atoms with van der Waals surface area (Å²) in [5.41, 5.74) is -1.44. The molecule has 2 aromatic rings. The number of nitrogens with one attached hydrogen (secondary N) is 2. The zero-order valence-electron chi connectivity index (χ0n) is 17.2. The summed E-state index contributed by atoms with van der Waals surface area (Å²) in [4.78, 5) is 49.9. The third-order valence-electron chi connectivity index (χ3n) is 5.71. The first-order chi connectivity index (χ1) is 16.0. The highest BCUT2D eigenvalue weighted by Crippen LogP contribution is 2.37. The average Bonchev–Trinajstić information content (AvgIpc) is 3.09. The van der Waals surface area contributed by atoms with Crippen LogP contribution >= 0.6 is 11.6 Å². The Kier molecular flexibility index (Phi) is 6.07. The summed E-state index contributed by atoms with van der Waals surface area (Å²) >= 11 is 5.87. The van der Waals surface area contributed by atoms with Crippen LogP contribution in [-0.4, -0.2) is 40.7 Å². The number of alkyl halides is 3. The van der Waals surface area contributed by atoms with Crippen LogP contribution < -0.4 is 10.6 Å². The summed E-state index contributed by atoms with van der Waals surface area (Å²) in [6.45, 7) is -0.374. The van der Waals surface area contributed by atoms with Gasteiger partial charge in [0.25, 0.3) is 11.8 Å². The molecule has 0 saturated carbocycles. The fourth-order valence-corrected chi connectivity index (χ4v) is 4.28. The van der Waals surface area contributed by atoms with Gasteiger partial charge in [-0.05, 0) is 24.6 Å². The molecule has 0 bridgehead atoms. The van der Waals surface area contributed by atoms with Gasteiger partial charge in [0, 0.05) is 28.1 Å². The van der Waals surface area contributed by atoms with E-state index in [0.29, 0.717) is 0 Å². The number of halogens is 5. The lowest BCUT2D eigenvalue weighted by Gasteiger charge is -2.29. The SMILES string of the molecule is O=C1CCC(N2Cc3c(ccc(C(=O)NC(c4ccccc4Cl)C(F)(F)F)c3F)C2=O)C(=O)N1. The third kappa shape index (κ3) is 4.23. The first-order valence-corrected chi connectivity index (χ1v) is 10.4. The molecule has 2 aromatic carbocycles. The lowest BCUT2D eigenvalue weighted by molar-refractivity contribution is -0.155. The minimum atomic E-state index is -4.92. The standard InChI is InChI=1S/C22H16ClF4N3O4/c23-14-4-2-1-3-11(14)18(22(25,26)27)29-19(32)12-6-5-10-13(17(12)24)9-30(21(10)34)15-7-8-16(31)28-20(15)33/h1-6,15,18H,7-9H2,(H,29,32)(H,28,31,33). The molecule has 7 nitrogen and oxygen atoms in total. The van der Waals surface area contributed by atoms with Crippen LogP contribution in [0.5, 0.6) is 0 Å². The molecule has 2 aliphatic rings. The van der Waals surface area contributed by atoms with E-state index in [9.17, 15) is 32.3 Å². The Labute approximate surface area is 195 Å². The monoisotopic (exact) mass is 497 g/mol. The molecule has 1 fully saturated rings. The molecule has 12 heteroatoms. The number of rotatable bonds is 4. The Morgan fingerprint density at radius 3 is 2.50 bits per heavy atom. The zero-order chi connectivity index (χ0) is 24.8. The van der Waals surface area contributed by atoms with Crippen molar-refractivity contribution in [3.05, 3.63) is 69.5 Å². The average molecular weight is 498 g/mol. The second-order valence-corrected chi connectivity index (χ2v) is 8.23. The second kappa shape index (κ2) is 8.71. The van der Waals surface area contributed by atoms with Gasteiger partial charge in [0.05, 0.1) is 12.1 Å². The molecular weight excluding hydrogens is 482 g/mol. The Morgan fingerprint density at radius 1 is 1.15 bits per heavy atom. The fourth-order valence-electron chi connectivity index (χ4n) is 4.03. The van der Waals surface area contributed by atoms with Crippen LogP contribution in [0.4, 0.5) is 17.6 Å². The number of hydrogen-bond acceptors (Lipinski definition) is 4. The summed E-state index contributed by atoms with van der Waals surface area (Å²) in [5.74, 6) is -4.40. The van der Waals surface area contributed by atoms with Crippen LogP contribution in [0.25, 0.3) is 0 Å². The number of hydrogen-bond donors (Lipinski definition) is 2. The second-order valence-electron chi connectivity index (χ2n) is 7.82. The van der Waals surface area contributed by atoms with Gasteiger partial charge in [-0.1, -0.05) is 29.8 Å². The maximum Gasteiger partial charge on any atom is 0.412 e. The molecule has 0 radical (unpaired) electrons. The molecule has 2 N–H and O–H groups in total. The normalized spacial score (nSPS) is 19.0. The summed E-state index contributed by atoms with van der Waals surface area (Å²) < 4.78 is 56.2. The van der Waals surface area contributed by atoms with E-state index in [1.165, 1.54) is 18.2 Å². The lowest BCUT2D eigenvalue weighted by atomic mass is 10.0. The van der Waals surface area contributed by atoms with Crippen molar-refractivity contribution < 1.29 is 36.7 Å². The van der Waals surface area contributed by atoms with Crippen LogP contribution in [0.15, 0.2) is 36.4 Å². The minimum Gasteiger partial charge on any atom is -0.337 e. The van der Waals surface area contributed by atoms with Crippen LogP contribution in [-0.2, 0) is 16.1 Å². The van der Waals surface area contributed by atoms with Gasteiger partial charge < -0.3 is 10.2 Å². The number of nitrogens with zero attached hydrogens (tertiary/aromatic N) is 1. The van der Waals surface area contributed by atoms with Gasteiger partial charge in [0.2, 0.25) is 11.8 Å². The van der Waals surface area contributed by atoms with E-state index in [2.05, 4.69) is 5.32 Å². The molecular formula is C22H16ClF4N3O4. The molecule has 4 rings (SSSR count). The summed E-state index contributed by atoms with van der Waals surface area (Å²) in [7, 11) is 0. The fraction of sp³-hybridized carbons (Fsp3) is 0.273. The first kappa shape index (κ1) is 23.7. The van der Waals surface area contributed by atoms with Gasteiger partial charge >= 0.3 is 6.18 Å². The third-order valence-corrected chi connectivity index (χ3v) is 6.06. The summed E-state index contributed by atoms with van der Waals surface area (Å²) in [5, 5.41) is 3.65. The predicted octanol–water partition coefficient (Wildman–Crippen LogP) is 3.27. The predicted molar refractivity (Wildman–Crippen MR) is 110 cm³/mol. The summed E-state index contributed by atoms with van der Waals surface area (Å²) in [6, 6.07) is 3.59. The number of fused-ring (bicyclic) bond motifs is 1. The molecule has 2 aliphatic heterocycles. The molecule has 0 aliphatic carbocycles. The molecule has 2 unspecified atom stereocenters. The molecule has 2 heterocycles. The minimum absolute atomic E-state index is 0.00640. The molecule has 34 heavy (non-hydrogen) atoms. The zero-order valence-corrected chi connectivity index (χ0v) is 18.0. The Balaban J connectivity index is 1.61. The van der Waals surface area contributed by atoms with Crippen LogP contribution in [0.3, 0.4) is 0 Å². The van der Waals surface area contributed by atoms with E-state index in [-0.39, 0.29) is 35.5 Å². The van der Waals surface area contributed by atoms with Crippen molar-refractivity contribution in [3.8, 4) is 0 Å². The highest BCUT2D eigenvalue weighted by Gasteiger charge is 2.44. The number of piperidine rings is 1. The van der Waals surface area contributed by atoms with Crippen molar-refractivity contribution in [1.82, 2.24) is 15.5 Å². The molecule has 1 saturated heterocycles. The molecule has 2 atom stereocenters. The number of carbonyl (C=O) groups is 4. The molecule has 0 spiro atoms. The van der Waals surface area contributed by atoms with Crippen molar-refractivity contribution in [1.29, 1.82) is 0 Å². The van der Waals surface area contributed by atoms with Crippen molar-refractivity contribution in [2.24, 2.45) is 0 Å². The van der Waals surface area contributed by atoms with E-state index in [4.69, 9.17) is 11.6 Å². The Morgan fingerprint density at radius 2 is 1.85 bits per heavy atom. The van der Waals surface area contributed by atoms with E-state index in [1.54, 1.807) is 5.32 Å². The van der Waals surface area contributed by atoms with Gasteiger partial charge in [0.1, 0.15) is 11.9 Å². The van der Waals surface area contributed by atoms with E-state index < -0.39 is 58.8 Å². The number of carbonyl (C=O) groups excluding carboxylic acids is 4. The maximum atomic E-state index is 15.2. The first-order valence-electron chi connectivity index (χ1n) is 10.1. The van der Waals surface area contributed by atoms with Crippen molar-refractivity contribution in [3.63, 3.8) is 0 Å².